The van der Waals surface area contributed by atoms with Crippen LogP contribution in [-0.4, -0.2) is 30.5 Å². The molecule has 0 aromatic carbocycles. The first-order valence-corrected chi connectivity index (χ1v) is 6.81. The Balaban J connectivity index is 2.04. The Labute approximate surface area is 102 Å². The van der Waals surface area contributed by atoms with Crippen LogP contribution in [0.4, 0.5) is 8.78 Å². The zero-order valence-electron chi connectivity index (χ0n) is 8.62. The third kappa shape index (κ3) is 2.02. The van der Waals surface area contributed by atoms with Gasteiger partial charge in [-0.15, -0.1) is 0 Å². The number of amides is 1. The Morgan fingerprint density at radius 2 is 2.00 bits per heavy atom. The van der Waals surface area contributed by atoms with Gasteiger partial charge in [0, 0.05) is 5.92 Å². The van der Waals surface area contributed by atoms with Crippen molar-refractivity contribution in [3.63, 3.8) is 0 Å². The molecule has 0 spiro atoms. The molecule has 0 radical (unpaired) electrons. The van der Waals surface area contributed by atoms with Gasteiger partial charge < -0.3 is 5.73 Å². The van der Waals surface area contributed by atoms with Gasteiger partial charge >= 0.3 is 0 Å². The highest BCUT2D eigenvalue weighted by atomic mass is 35.5. The molecule has 0 saturated heterocycles. The highest BCUT2D eigenvalue weighted by molar-refractivity contribution is 7.93. The topological polar surface area (TPSA) is 89.3 Å². The summed E-state index contributed by atoms with van der Waals surface area (Å²) in [6.45, 7) is 0. The largest absolute Gasteiger partial charge is 0.317 e. The molecule has 1 amide bonds. The van der Waals surface area contributed by atoms with E-state index in [0.717, 1.165) is 0 Å². The summed E-state index contributed by atoms with van der Waals surface area (Å²) < 4.78 is 48.0. The molecule has 2 aliphatic rings. The van der Waals surface area contributed by atoms with Gasteiger partial charge in [0.25, 0.3) is 15.9 Å². The van der Waals surface area contributed by atoms with Gasteiger partial charge in [-0.1, -0.05) is 11.6 Å². The average Bonchev–Trinajstić information content (AvgIpc) is 3.04. The molecule has 2 aliphatic carbocycles. The van der Waals surface area contributed by atoms with Crippen molar-refractivity contribution in [3.8, 4) is 0 Å². The Morgan fingerprint density at radius 1 is 1.47 bits per heavy atom. The molecule has 3 N–H and O–H groups in total. The summed E-state index contributed by atoms with van der Waals surface area (Å²) in [5, 5.41) is 0. The summed E-state index contributed by atoms with van der Waals surface area (Å²) in [6, 6.07) is 0. The van der Waals surface area contributed by atoms with Crippen LogP contribution in [0.25, 0.3) is 0 Å². The van der Waals surface area contributed by atoms with Crippen LogP contribution in [-0.2, 0) is 14.8 Å². The van der Waals surface area contributed by atoms with E-state index in [9.17, 15) is 22.0 Å². The second-order valence-electron chi connectivity index (χ2n) is 4.50. The molecular formula is C8H11ClF2N2O3S. The molecule has 0 unspecified atom stereocenters. The minimum absolute atomic E-state index is 0.221. The molecule has 5 nitrogen and oxygen atoms in total. The maximum Gasteiger partial charge on any atom is 0.254 e. The number of carbonyl (C=O) groups excluding carboxylic acids is 1. The molecule has 2 atom stereocenters. The maximum absolute atomic E-state index is 12.3. The summed E-state index contributed by atoms with van der Waals surface area (Å²) in [5.74, 6) is -2.39. The first kappa shape index (κ1) is 13.0. The van der Waals surface area contributed by atoms with Crippen molar-refractivity contribution in [2.45, 2.75) is 35.4 Å². The van der Waals surface area contributed by atoms with Gasteiger partial charge in [-0.05, 0) is 19.3 Å². The first-order valence-electron chi connectivity index (χ1n) is 4.95. The van der Waals surface area contributed by atoms with Crippen molar-refractivity contribution in [2.75, 3.05) is 0 Å². The fourth-order valence-electron chi connectivity index (χ4n) is 1.56. The normalized spacial score (nSPS) is 34.5. The number of sulfonamides is 1. The zero-order valence-corrected chi connectivity index (χ0v) is 10.2. The predicted octanol–water partition coefficient (Wildman–Crippen LogP) is 0.144. The van der Waals surface area contributed by atoms with Crippen LogP contribution in [0.5, 0.6) is 0 Å². The molecule has 17 heavy (non-hydrogen) atoms. The van der Waals surface area contributed by atoms with Crippen molar-refractivity contribution in [1.82, 2.24) is 4.72 Å². The summed E-state index contributed by atoms with van der Waals surface area (Å²) in [7, 11) is -4.04. The van der Waals surface area contributed by atoms with Crippen LogP contribution in [0.1, 0.15) is 19.3 Å². The lowest BCUT2D eigenvalue weighted by molar-refractivity contribution is -0.122. The van der Waals surface area contributed by atoms with E-state index in [2.05, 4.69) is 0 Å². The minimum atomic E-state index is -4.04. The van der Waals surface area contributed by atoms with Crippen molar-refractivity contribution < 1.29 is 22.0 Å². The number of nitrogens with one attached hydrogen (secondary N) is 1. The molecular weight excluding hydrogens is 278 g/mol. The lowest BCUT2D eigenvalue weighted by Crippen LogP contribution is -2.49. The molecule has 2 rings (SSSR count). The van der Waals surface area contributed by atoms with Crippen LogP contribution in [0.15, 0.2) is 0 Å². The number of halogens is 3. The SMILES string of the molecule is N[C@]1(C(=O)NS(=O)(=O)C2(Cl)CC2)C[C@H]1C(F)F. The third-order valence-electron chi connectivity index (χ3n) is 3.14. The lowest BCUT2D eigenvalue weighted by atomic mass is 10.2. The average molecular weight is 289 g/mol. The van der Waals surface area contributed by atoms with E-state index in [-0.39, 0.29) is 19.3 Å². The number of rotatable bonds is 4. The van der Waals surface area contributed by atoms with Gasteiger partial charge in [-0.3, -0.25) is 9.52 Å². The maximum atomic E-state index is 12.3. The number of nitrogens with two attached hydrogens (primary N) is 1. The van der Waals surface area contributed by atoms with Gasteiger partial charge in [0.15, 0.2) is 4.21 Å². The van der Waals surface area contributed by atoms with Crippen molar-refractivity contribution in [2.24, 2.45) is 11.7 Å². The molecule has 0 aliphatic heterocycles. The van der Waals surface area contributed by atoms with E-state index < -0.39 is 38.0 Å². The van der Waals surface area contributed by atoms with E-state index in [1.807, 2.05) is 0 Å². The second kappa shape index (κ2) is 3.52. The fraction of sp³-hybridized carbons (Fsp3) is 0.875. The fourth-order valence-corrected chi connectivity index (χ4v) is 3.02. The van der Waals surface area contributed by atoms with Gasteiger partial charge in [0.05, 0.1) is 0 Å². The highest BCUT2D eigenvalue weighted by Gasteiger charge is 2.63. The van der Waals surface area contributed by atoms with Crippen LogP contribution < -0.4 is 10.5 Å². The standard InChI is InChI=1S/C8H11ClF2N2O3S/c9-7(1-2-7)17(15,16)13-6(14)8(12)3-4(8)5(10)11/h4-5H,1-3,12H2,(H,13,14)/t4-,8+/m0/s1. The van der Waals surface area contributed by atoms with E-state index in [1.54, 1.807) is 4.72 Å². The monoisotopic (exact) mass is 288 g/mol. The van der Waals surface area contributed by atoms with Gasteiger partial charge in [-0.2, -0.15) is 0 Å². The van der Waals surface area contributed by atoms with Crippen LogP contribution >= 0.6 is 11.6 Å². The Bertz CT molecular complexity index is 465. The van der Waals surface area contributed by atoms with Crippen LogP contribution in [0, 0.1) is 5.92 Å². The summed E-state index contributed by atoms with van der Waals surface area (Å²) >= 11 is 5.66. The molecule has 0 aromatic heterocycles. The van der Waals surface area contributed by atoms with E-state index in [4.69, 9.17) is 17.3 Å². The van der Waals surface area contributed by atoms with Crippen LogP contribution in [0.3, 0.4) is 0 Å². The van der Waals surface area contributed by atoms with Crippen molar-refractivity contribution in [3.05, 3.63) is 0 Å². The van der Waals surface area contributed by atoms with E-state index in [1.165, 1.54) is 0 Å². The number of hydrogen-bond acceptors (Lipinski definition) is 4. The lowest BCUT2D eigenvalue weighted by Gasteiger charge is -2.14. The Kier molecular flexibility index (Phi) is 2.68. The minimum Gasteiger partial charge on any atom is -0.317 e. The molecule has 0 heterocycles. The van der Waals surface area contributed by atoms with Crippen molar-refractivity contribution >= 4 is 27.5 Å². The second-order valence-corrected chi connectivity index (χ2v) is 7.44. The number of hydrogen-bond donors (Lipinski definition) is 2. The molecule has 0 bridgehead atoms. The molecule has 0 aromatic rings. The van der Waals surface area contributed by atoms with E-state index in [0.29, 0.717) is 0 Å². The van der Waals surface area contributed by atoms with Crippen LogP contribution in [0.2, 0.25) is 0 Å². The smallest absolute Gasteiger partial charge is 0.254 e. The molecule has 9 heteroatoms. The van der Waals surface area contributed by atoms with Gasteiger partial charge in [-0.25, -0.2) is 17.2 Å². The predicted molar refractivity (Wildman–Crippen MR) is 55.9 cm³/mol. The number of alkyl halides is 3. The molecule has 2 fully saturated rings. The third-order valence-corrected chi connectivity index (χ3v) is 5.95. The Hall–Kier alpha value is -0.470. The first-order chi connectivity index (χ1) is 7.62. The zero-order chi connectivity index (χ0) is 13.1. The van der Waals surface area contributed by atoms with E-state index >= 15 is 0 Å². The quantitative estimate of drug-likeness (QED) is 0.720. The molecule has 98 valence electrons. The summed E-state index contributed by atoms with van der Waals surface area (Å²) in [6.07, 6.45) is -2.50. The van der Waals surface area contributed by atoms with Crippen molar-refractivity contribution in [1.29, 1.82) is 0 Å². The summed E-state index contributed by atoms with van der Waals surface area (Å²) in [4.78, 5) is 11.5. The van der Waals surface area contributed by atoms with Gasteiger partial charge in [0.1, 0.15) is 5.54 Å². The van der Waals surface area contributed by atoms with Gasteiger partial charge in [0.2, 0.25) is 6.43 Å². The summed E-state index contributed by atoms with van der Waals surface area (Å²) in [5.41, 5.74) is 3.62. The Morgan fingerprint density at radius 3 is 2.35 bits per heavy atom. The number of carbonyl (C=O) groups is 1. The highest BCUT2D eigenvalue weighted by Crippen LogP contribution is 2.49. The molecule has 2 saturated carbocycles.